The maximum atomic E-state index is 5.69. The predicted octanol–water partition coefficient (Wildman–Crippen LogP) is 3.85. The van der Waals surface area contributed by atoms with Gasteiger partial charge < -0.3 is 10.3 Å². The number of nitrogens with zero attached hydrogens (tertiary/aromatic N) is 1. The molecule has 0 fully saturated rings. The van der Waals surface area contributed by atoms with Gasteiger partial charge >= 0.3 is 0 Å². The Morgan fingerprint density at radius 1 is 1.11 bits per heavy atom. The molecule has 2 heteroatoms. The number of fused-ring (bicyclic) bond motifs is 1. The summed E-state index contributed by atoms with van der Waals surface area (Å²) in [5.41, 5.74) is 9.85. The normalized spacial score (nSPS) is 11.9. The zero-order valence-electron chi connectivity index (χ0n) is 11.9. The lowest BCUT2D eigenvalue weighted by molar-refractivity contribution is 0.727. The van der Waals surface area contributed by atoms with Crippen molar-refractivity contribution < 1.29 is 0 Å². The first-order chi connectivity index (χ1) is 8.54. The molecule has 0 unspecified atom stereocenters. The smallest absolute Gasteiger partial charge is 0.0483 e. The van der Waals surface area contributed by atoms with Gasteiger partial charge in [0.1, 0.15) is 0 Å². The third-order valence-corrected chi connectivity index (χ3v) is 3.59. The Morgan fingerprint density at radius 2 is 1.83 bits per heavy atom. The van der Waals surface area contributed by atoms with E-state index in [1.807, 2.05) is 0 Å². The molecule has 0 spiro atoms. The van der Waals surface area contributed by atoms with E-state index in [1.165, 1.54) is 22.0 Å². The first kappa shape index (κ1) is 13.2. The number of aromatic nitrogens is 1. The Morgan fingerprint density at radius 3 is 2.39 bits per heavy atom. The summed E-state index contributed by atoms with van der Waals surface area (Å²) in [5, 5.41) is 1.39. The second-order valence-electron chi connectivity index (χ2n) is 5.65. The molecule has 0 bridgehead atoms. The van der Waals surface area contributed by atoms with Gasteiger partial charge in [-0.15, -0.1) is 0 Å². The molecule has 1 heterocycles. The number of hydrogen-bond donors (Lipinski definition) is 1. The molecular weight excluding hydrogens is 220 g/mol. The molecule has 2 N–H and O–H groups in total. The fourth-order valence-electron chi connectivity index (χ4n) is 2.49. The number of hydrogen-bond acceptors (Lipinski definition) is 1. The molecule has 98 valence electrons. The van der Waals surface area contributed by atoms with Crippen LogP contribution in [-0.4, -0.2) is 11.1 Å². The zero-order chi connectivity index (χ0) is 13.3. The molecule has 0 amide bonds. The monoisotopic (exact) mass is 244 g/mol. The van der Waals surface area contributed by atoms with Crippen LogP contribution in [0.5, 0.6) is 0 Å². The van der Waals surface area contributed by atoms with Gasteiger partial charge in [0.05, 0.1) is 0 Å². The molecule has 0 saturated heterocycles. The van der Waals surface area contributed by atoms with Crippen LogP contribution in [0.3, 0.4) is 0 Å². The number of rotatable bonds is 4. The molecule has 0 radical (unpaired) electrons. The first-order valence-corrected chi connectivity index (χ1v) is 6.87. The van der Waals surface area contributed by atoms with Crippen molar-refractivity contribution in [3.05, 3.63) is 35.5 Å². The number of benzene rings is 1. The minimum absolute atomic E-state index is 0.550. The molecule has 2 aromatic rings. The van der Waals surface area contributed by atoms with E-state index < -0.39 is 0 Å². The Hall–Kier alpha value is -1.28. The highest BCUT2D eigenvalue weighted by Crippen LogP contribution is 2.30. The molecule has 1 aromatic carbocycles. The van der Waals surface area contributed by atoms with Gasteiger partial charge in [-0.05, 0) is 35.1 Å². The summed E-state index contributed by atoms with van der Waals surface area (Å²) < 4.78 is 2.29. The largest absolute Gasteiger partial charge is 0.346 e. The quantitative estimate of drug-likeness (QED) is 0.870. The first-order valence-electron chi connectivity index (χ1n) is 6.87. The van der Waals surface area contributed by atoms with Crippen LogP contribution in [0.1, 0.15) is 50.7 Å². The van der Waals surface area contributed by atoms with Crippen LogP contribution in [0.4, 0.5) is 0 Å². The second-order valence-corrected chi connectivity index (χ2v) is 5.65. The van der Waals surface area contributed by atoms with E-state index in [1.54, 1.807) is 0 Å². The summed E-state index contributed by atoms with van der Waals surface area (Å²) >= 11 is 0. The molecule has 0 atom stereocenters. The summed E-state index contributed by atoms with van der Waals surface area (Å²) in [7, 11) is 0. The Kier molecular flexibility index (Phi) is 3.76. The summed E-state index contributed by atoms with van der Waals surface area (Å²) in [6, 6.07) is 6.83. The summed E-state index contributed by atoms with van der Waals surface area (Å²) in [6.07, 6.45) is 2.27. The van der Waals surface area contributed by atoms with Crippen LogP contribution < -0.4 is 5.73 Å². The van der Waals surface area contributed by atoms with Crippen LogP contribution in [0, 0.1) is 0 Å². The van der Waals surface area contributed by atoms with Gasteiger partial charge in [-0.25, -0.2) is 0 Å². The summed E-state index contributed by atoms with van der Waals surface area (Å²) in [6.45, 7) is 10.6. The van der Waals surface area contributed by atoms with Crippen molar-refractivity contribution in [2.24, 2.45) is 5.73 Å². The average molecular weight is 244 g/mol. The fraction of sp³-hybridized carbons (Fsp3) is 0.500. The molecular formula is C16H24N2. The highest BCUT2D eigenvalue weighted by molar-refractivity contribution is 5.85. The van der Waals surface area contributed by atoms with Crippen molar-refractivity contribution in [1.29, 1.82) is 0 Å². The van der Waals surface area contributed by atoms with Crippen molar-refractivity contribution in [1.82, 2.24) is 4.57 Å². The van der Waals surface area contributed by atoms with E-state index >= 15 is 0 Å². The molecule has 0 aliphatic carbocycles. The minimum atomic E-state index is 0.550. The highest BCUT2D eigenvalue weighted by Gasteiger charge is 2.12. The highest BCUT2D eigenvalue weighted by atomic mass is 15.0. The Labute approximate surface area is 110 Å². The van der Waals surface area contributed by atoms with Crippen molar-refractivity contribution in [3.63, 3.8) is 0 Å². The van der Waals surface area contributed by atoms with Gasteiger partial charge in [-0.2, -0.15) is 0 Å². The van der Waals surface area contributed by atoms with Crippen LogP contribution in [0.25, 0.3) is 10.9 Å². The lowest BCUT2D eigenvalue weighted by Gasteiger charge is -2.08. The zero-order valence-corrected chi connectivity index (χ0v) is 11.9. The molecule has 1 aromatic heterocycles. The van der Waals surface area contributed by atoms with Gasteiger partial charge in [0.2, 0.25) is 0 Å². The SMILES string of the molecule is CC(C)c1ccc2c(c1)c(C(C)C)cn2CCN. The Bertz CT molecular complexity index is 535. The molecule has 2 rings (SSSR count). The maximum Gasteiger partial charge on any atom is 0.0483 e. The maximum absolute atomic E-state index is 5.69. The standard InChI is InChI=1S/C16H24N2/c1-11(2)13-5-6-16-14(9-13)15(12(3)4)10-18(16)8-7-17/h5-6,9-12H,7-8,17H2,1-4H3. The lowest BCUT2D eigenvalue weighted by Crippen LogP contribution is -2.08. The Balaban J connectivity index is 2.63. The molecule has 0 aliphatic heterocycles. The second kappa shape index (κ2) is 5.15. The molecule has 0 saturated carbocycles. The third-order valence-electron chi connectivity index (χ3n) is 3.59. The molecule has 2 nitrogen and oxygen atoms in total. The van der Waals surface area contributed by atoms with Crippen LogP contribution >= 0.6 is 0 Å². The predicted molar refractivity (Wildman–Crippen MR) is 79.2 cm³/mol. The number of nitrogens with two attached hydrogens (primary N) is 1. The van der Waals surface area contributed by atoms with E-state index in [0.29, 0.717) is 18.4 Å². The summed E-state index contributed by atoms with van der Waals surface area (Å²) in [5.74, 6) is 1.13. The van der Waals surface area contributed by atoms with Gasteiger partial charge in [-0.3, -0.25) is 0 Å². The average Bonchev–Trinajstić information content (AvgIpc) is 2.68. The topological polar surface area (TPSA) is 30.9 Å². The molecule has 0 aliphatic rings. The fourth-order valence-corrected chi connectivity index (χ4v) is 2.49. The third kappa shape index (κ3) is 2.30. The van der Waals surface area contributed by atoms with E-state index in [0.717, 1.165) is 6.54 Å². The van der Waals surface area contributed by atoms with E-state index in [2.05, 4.69) is 56.7 Å². The lowest BCUT2D eigenvalue weighted by atomic mass is 9.97. The van der Waals surface area contributed by atoms with Crippen LogP contribution in [0.2, 0.25) is 0 Å². The van der Waals surface area contributed by atoms with Gasteiger partial charge in [0.15, 0.2) is 0 Å². The van der Waals surface area contributed by atoms with Gasteiger partial charge in [-0.1, -0.05) is 33.8 Å². The molecule has 18 heavy (non-hydrogen) atoms. The van der Waals surface area contributed by atoms with Crippen LogP contribution in [-0.2, 0) is 6.54 Å². The van der Waals surface area contributed by atoms with Crippen molar-refractivity contribution in [3.8, 4) is 0 Å². The summed E-state index contributed by atoms with van der Waals surface area (Å²) in [4.78, 5) is 0. The van der Waals surface area contributed by atoms with Crippen molar-refractivity contribution in [2.75, 3.05) is 6.54 Å². The van der Waals surface area contributed by atoms with Crippen LogP contribution in [0.15, 0.2) is 24.4 Å². The minimum Gasteiger partial charge on any atom is -0.346 e. The van der Waals surface area contributed by atoms with Gasteiger partial charge in [0.25, 0.3) is 0 Å². The van der Waals surface area contributed by atoms with E-state index in [9.17, 15) is 0 Å². The van der Waals surface area contributed by atoms with Crippen molar-refractivity contribution >= 4 is 10.9 Å². The van der Waals surface area contributed by atoms with Crippen molar-refractivity contribution in [2.45, 2.75) is 46.1 Å². The van der Waals surface area contributed by atoms with Gasteiger partial charge in [0, 0.05) is 30.2 Å². The van der Waals surface area contributed by atoms with E-state index in [4.69, 9.17) is 5.73 Å². The van der Waals surface area contributed by atoms with E-state index in [-0.39, 0.29) is 0 Å².